The summed E-state index contributed by atoms with van der Waals surface area (Å²) in [6.07, 6.45) is 1.69. The summed E-state index contributed by atoms with van der Waals surface area (Å²) in [5, 5.41) is 2.44. The molecular weight excluding hydrogens is 236 g/mol. The van der Waals surface area contributed by atoms with Gasteiger partial charge in [0.25, 0.3) is 0 Å². The SMILES string of the molecule is Cc1occc1C(NN)c1ccc2ccccc2c1. The van der Waals surface area contributed by atoms with E-state index in [-0.39, 0.29) is 6.04 Å². The quantitative estimate of drug-likeness (QED) is 0.555. The summed E-state index contributed by atoms with van der Waals surface area (Å²) in [4.78, 5) is 0. The van der Waals surface area contributed by atoms with Gasteiger partial charge in [-0.2, -0.15) is 0 Å². The second-order valence-electron chi connectivity index (χ2n) is 4.64. The highest BCUT2D eigenvalue weighted by atomic mass is 16.3. The normalized spacial score (nSPS) is 12.7. The van der Waals surface area contributed by atoms with E-state index < -0.39 is 0 Å². The molecule has 0 radical (unpaired) electrons. The highest BCUT2D eigenvalue weighted by molar-refractivity contribution is 5.83. The van der Waals surface area contributed by atoms with E-state index in [9.17, 15) is 0 Å². The van der Waals surface area contributed by atoms with Gasteiger partial charge < -0.3 is 4.42 Å². The van der Waals surface area contributed by atoms with Crippen molar-refractivity contribution in [1.29, 1.82) is 0 Å². The van der Waals surface area contributed by atoms with Crippen molar-refractivity contribution in [3.05, 3.63) is 71.7 Å². The molecule has 0 fully saturated rings. The zero-order valence-corrected chi connectivity index (χ0v) is 10.8. The van der Waals surface area contributed by atoms with Crippen LogP contribution < -0.4 is 11.3 Å². The minimum Gasteiger partial charge on any atom is -0.469 e. The Bertz CT molecular complexity index is 703. The Labute approximate surface area is 112 Å². The first kappa shape index (κ1) is 12.0. The maximum absolute atomic E-state index is 5.72. The summed E-state index contributed by atoms with van der Waals surface area (Å²) < 4.78 is 5.36. The molecule has 3 aromatic rings. The number of nitrogens with one attached hydrogen (secondary N) is 1. The highest BCUT2D eigenvalue weighted by Gasteiger charge is 2.16. The minimum atomic E-state index is -0.0524. The number of fused-ring (bicyclic) bond motifs is 1. The number of hydrazine groups is 1. The average Bonchev–Trinajstić information content (AvgIpc) is 2.86. The van der Waals surface area contributed by atoms with Gasteiger partial charge in [0.05, 0.1) is 12.3 Å². The Balaban J connectivity index is 2.09. The molecule has 0 bridgehead atoms. The van der Waals surface area contributed by atoms with E-state index >= 15 is 0 Å². The number of nitrogens with two attached hydrogens (primary N) is 1. The van der Waals surface area contributed by atoms with Crippen molar-refractivity contribution in [2.45, 2.75) is 13.0 Å². The second kappa shape index (κ2) is 4.88. The standard InChI is InChI=1S/C16H16N2O/c1-11-15(8-9-19-11)16(18-17)14-7-6-12-4-2-3-5-13(12)10-14/h2-10,16,18H,17H2,1H3. The molecule has 0 aliphatic heterocycles. The van der Waals surface area contributed by atoms with Gasteiger partial charge >= 0.3 is 0 Å². The monoisotopic (exact) mass is 252 g/mol. The van der Waals surface area contributed by atoms with Crippen LogP contribution >= 0.6 is 0 Å². The molecule has 0 saturated carbocycles. The molecule has 3 nitrogen and oxygen atoms in total. The number of benzene rings is 2. The molecule has 0 saturated heterocycles. The van der Waals surface area contributed by atoms with Crippen LogP contribution in [0.2, 0.25) is 0 Å². The summed E-state index contributed by atoms with van der Waals surface area (Å²) in [6, 6.07) is 16.6. The van der Waals surface area contributed by atoms with Crippen LogP contribution in [0.25, 0.3) is 10.8 Å². The van der Waals surface area contributed by atoms with Gasteiger partial charge in [0.15, 0.2) is 0 Å². The van der Waals surface area contributed by atoms with E-state index in [1.54, 1.807) is 6.26 Å². The minimum absolute atomic E-state index is 0.0524. The van der Waals surface area contributed by atoms with Crippen LogP contribution in [0.5, 0.6) is 0 Å². The van der Waals surface area contributed by atoms with E-state index in [2.05, 4.69) is 35.8 Å². The number of hydrogen-bond acceptors (Lipinski definition) is 3. The van der Waals surface area contributed by atoms with E-state index in [0.29, 0.717) is 0 Å². The van der Waals surface area contributed by atoms with Crippen molar-refractivity contribution >= 4 is 10.8 Å². The van der Waals surface area contributed by atoms with Crippen LogP contribution in [0.4, 0.5) is 0 Å². The first-order valence-electron chi connectivity index (χ1n) is 6.28. The Morgan fingerprint density at radius 2 is 1.84 bits per heavy atom. The lowest BCUT2D eigenvalue weighted by Gasteiger charge is -2.16. The van der Waals surface area contributed by atoms with Crippen molar-refractivity contribution in [3.63, 3.8) is 0 Å². The van der Waals surface area contributed by atoms with Crippen molar-refractivity contribution in [3.8, 4) is 0 Å². The van der Waals surface area contributed by atoms with Gasteiger partial charge in [0, 0.05) is 5.56 Å². The summed E-state index contributed by atoms with van der Waals surface area (Å²) in [5.74, 6) is 6.60. The van der Waals surface area contributed by atoms with Crippen molar-refractivity contribution in [2.24, 2.45) is 5.84 Å². The lowest BCUT2D eigenvalue weighted by atomic mass is 9.97. The third kappa shape index (κ3) is 2.14. The van der Waals surface area contributed by atoms with Crippen LogP contribution in [0.1, 0.15) is 22.9 Å². The highest BCUT2D eigenvalue weighted by Crippen LogP contribution is 2.27. The fraction of sp³-hybridized carbons (Fsp3) is 0.125. The molecule has 0 amide bonds. The zero-order chi connectivity index (χ0) is 13.2. The molecule has 1 aromatic heterocycles. The lowest BCUT2D eigenvalue weighted by Crippen LogP contribution is -2.28. The predicted octanol–water partition coefficient (Wildman–Crippen LogP) is 3.29. The molecule has 3 heteroatoms. The topological polar surface area (TPSA) is 51.2 Å². The van der Waals surface area contributed by atoms with Gasteiger partial charge in [0.2, 0.25) is 0 Å². The Kier molecular flexibility index (Phi) is 3.07. The molecule has 3 N–H and O–H groups in total. The summed E-state index contributed by atoms with van der Waals surface area (Å²) in [6.45, 7) is 1.95. The first-order valence-corrected chi connectivity index (χ1v) is 6.28. The fourth-order valence-electron chi connectivity index (χ4n) is 2.45. The Morgan fingerprint density at radius 3 is 2.53 bits per heavy atom. The molecule has 0 spiro atoms. The maximum Gasteiger partial charge on any atom is 0.105 e. The largest absolute Gasteiger partial charge is 0.469 e. The zero-order valence-electron chi connectivity index (χ0n) is 10.8. The number of furan rings is 1. The van der Waals surface area contributed by atoms with Crippen molar-refractivity contribution in [2.75, 3.05) is 0 Å². The van der Waals surface area contributed by atoms with Crippen LogP contribution in [0.15, 0.2) is 59.2 Å². The van der Waals surface area contributed by atoms with Crippen molar-refractivity contribution in [1.82, 2.24) is 5.43 Å². The smallest absolute Gasteiger partial charge is 0.105 e. The third-order valence-corrected chi connectivity index (χ3v) is 3.48. The number of aryl methyl sites for hydroxylation is 1. The maximum atomic E-state index is 5.72. The molecule has 96 valence electrons. The molecular formula is C16H16N2O. The molecule has 0 aliphatic rings. The van der Waals surface area contributed by atoms with E-state index in [4.69, 9.17) is 10.3 Å². The van der Waals surface area contributed by atoms with Gasteiger partial charge in [-0.05, 0) is 35.4 Å². The molecule has 0 aliphatic carbocycles. The van der Waals surface area contributed by atoms with Crippen molar-refractivity contribution < 1.29 is 4.42 Å². The first-order chi connectivity index (χ1) is 9.29. The molecule has 3 rings (SSSR count). The van der Waals surface area contributed by atoms with E-state index in [1.807, 2.05) is 25.1 Å². The summed E-state index contributed by atoms with van der Waals surface area (Å²) >= 11 is 0. The Morgan fingerprint density at radius 1 is 1.05 bits per heavy atom. The molecule has 19 heavy (non-hydrogen) atoms. The molecule has 1 unspecified atom stereocenters. The number of rotatable bonds is 3. The van der Waals surface area contributed by atoms with Gasteiger partial charge in [-0.3, -0.25) is 5.84 Å². The van der Waals surface area contributed by atoms with Gasteiger partial charge in [-0.1, -0.05) is 36.4 Å². The van der Waals surface area contributed by atoms with Gasteiger partial charge in [0.1, 0.15) is 5.76 Å². The third-order valence-electron chi connectivity index (χ3n) is 3.48. The van der Waals surface area contributed by atoms with Gasteiger partial charge in [-0.15, -0.1) is 0 Å². The Hall–Kier alpha value is -2.10. The predicted molar refractivity (Wildman–Crippen MR) is 76.6 cm³/mol. The average molecular weight is 252 g/mol. The molecule has 2 aromatic carbocycles. The second-order valence-corrected chi connectivity index (χ2v) is 4.64. The molecule has 1 heterocycles. The van der Waals surface area contributed by atoms with Crippen LogP contribution in [-0.2, 0) is 0 Å². The van der Waals surface area contributed by atoms with Crippen LogP contribution in [-0.4, -0.2) is 0 Å². The van der Waals surface area contributed by atoms with Crippen LogP contribution in [0.3, 0.4) is 0 Å². The van der Waals surface area contributed by atoms with E-state index in [1.165, 1.54) is 10.8 Å². The van der Waals surface area contributed by atoms with Gasteiger partial charge in [-0.25, -0.2) is 5.43 Å². The summed E-state index contributed by atoms with van der Waals surface area (Å²) in [7, 11) is 0. The lowest BCUT2D eigenvalue weighted by molar-refractivity contribution is 0.520. The fourth-order valence-corrected chi connectivity index (χ4v) is 2.45. The van der Waals surface area contributed by atoms with Crippen LogP contribution in [0, 0.1) is 6.92 Å². The number of hydrogen-bond donors (Lipinski definition) is 2. The van der Waals surface area contributed by atoms with E-state index in [0.717, 1.165) is 16.9 Å². The summed E-state index contributed by atoms with van der Waals surface area (Å²) in [5.41, 5.74) is 5.06. The molecule has 1 atom stereocenters.